The summed E-state index contributed by atoms with van der Waals surface area (Å²) in [6.45, 7) is 4.25. The van der Waals surface area contributed by atoms with Crippen LogP contribution in [0.1, 0.15) is 123 Å². The SMILES string of the molecule is CCCCCCc1ccc(C(=O)OOOC(=O)OCC2CCCCC2COC(=O)OOOC(=O)c2ccc(CCCCCC)cc2)cc1. The first kappa shape index (κ1) is 38.3. The van der Waals surface area contributed by atoms with Crippen LogP contribution in [-0.2, 0) is 51.9 Å². The van der Waals surface area contributed by atoms with E-state index in [0.29, 0.717) is 12.8 Å². The summed E-state index contributed by atoms with van der Waals surface area (Å²) in [6, 6.07) is 13.9. The van der Waals surface area contributed by atoms with E-state index in [-0.39, 0.29) is 36.2 Å². The molecule has 1 fully saturated rings. The third-order valence-corrected chi connectivity index (χ3v) is 8.34. The van der Waals surface area contributed by atoms with Crippen LogP contribution in [0, 0.1) is 11.8 Å². The van der Waals surface area contributed by atoms with Crippen LogP contribution in [0.4, 0.5) is 9.59 Å². The lowest BCUT2D eigenvalue weighted by atomic mass is 9.80. The predicted molar refractivity (Wildman–Crippen MR) is 172 cm³/mol. The summed E-state index contributed by atoms with van der Waals surface area (Å²) in [5.41, 5.74) is 2.72. The molecule has 0 spiro atoms. The molecule has 1 aliphatic carbocycles. The average Bonchev–Trinajstić information content (AvgIpc) is 3.11. The summed E-state index contributed by atoms with van der Waals surface area (Å²) in [4.78, 5) is 66.3. The number of aryl methyl sites for hydroxylation is 2. The number of hydrogen-bond acceptors (Lipinski definition) is 12. The molecule has 0 heterocycles. The second kappa shape index (κ2) is 22.4. The lowest BCUT2D eigenvalue weighted by Crippen LogP contribution is -2.30. The first-order valence-corrected chi connectivity index (χ1v) is 17.0. The van der Waals surface area contributed by atoms with E-state index in [1.165, 1.54) is 25.7 Å². The maximum atomic E-state index is 12.2. The number of hydrogen-bond donors (Lipinski definition) is 0. The van der Waals surface area contributed by atoms with Crippen molar-refractivity contribution in [3.63, 3.8) is 0 Å². The third kappa shape index (κ3) is 14.7. The fraction of sp³-hybridized carbons (Fsp3) is 0.556. The number of unbranched alkanes of at least 4 members (excludes halogenated alkanes) is 6. The topological polar surface area (TPSA) is 142 Å². The zero-order valence-electron chi connectivity index (χ0n) is 28.0. The minimum Gasteiger partial charge on any atom is -0.432 e. The Hall–Kier alpha value is -4.16. The van der Waals surface area contributed by atoms with Gasteiger partial charge in [-0.2, -0.15) is 0 Å². The van der Waals surface area contributed by atoms with Crippen LogP contribution in [0.15, 0.2) is 48.5 Å². The van der Waals surface area contributed by atoms with Gasteiger partial charge in [0.25, 0.3) is 0 Å². The van der Waals surface area contributed by atoms with E-state index in [2.05, 4.69) is 43.5 Å². The van der Waals surface area contributed by atoms with E-state index in [0.717, 1.165) is 62.5 Å². The van der Waals surface area contributed by atoms with Gasteiger partial charge in [0.15, 0.2) is 0 Å². The summed E-state index contributed by atoms with van der Waals surface area (Å²) >= 11 is 0. The number of ether oxygens (including phenoxy) is 2. The Morgan fingerprint density at radius 3 is 1.31 bits per heavy atom. The Balaban J connectivity index is 1.28. The second-order valence-electron chi connectivity index (χ2n) is 12.0. The van der Waals surface area contributed by atoms with Gasteiger partial charge in [0, 0.05) is 0 Å². The average molecular weight is 673 g/mol. The van der Waals surface area contributed by atoms with Gasteiger partial charge in [0.1, 0.15) is 0 Å². The fourth-order valence-corrected chi connectivity index (χ4v) is 5.50. The lowest BCUT2D eigenvalue weighted by Gasteiger charge is -2.30. The van der Waals surface area contributed by atoms with Crippen LogP contribution >= 0.6 is 0 Å². The minimum absolute atomic E-state index is 0.0371. The normalized spacial score (nSPS) is 15.6. The smallest absolute Gasteiger partial charge is 0.432 e. The third-order valence-electron chi connectivity index (χ3n) is 8.34. The largest absolute Gasteiger partial charge is 0.543 e. The number of carbonyl (C=O) groups is 4. The van der Waals surface area contributed by atoms with Gasteiger partial charge >= 0.3 is 24.2 Å². The number of carbonyl (C=O) groups excluding carboxylic acids is 4. The molecule has 0 aromatic heterocycles. The monoisotopic (exact) mass is 672 g/mol. The standard InChI is InChI=1S/C36H48O12/c1-3-5-7-9-13-27-17-21-29(22-18-27)33(37)43-47-45-35(39)41-25-31-15-11-12-16-32(31)26-42-36(40)46-48-44-34(38)30-23-19-28(20-24-30)14-10-8-6-4-2/h17-24,31-32H,3-16,25-26H2,1-2H3. The highest BCUT2D eigenvalue weighted by Crippen LogP contribution is 2.31. The molecule has 0 bridgehead atoms. The van der Waals surface area contributed by atoms with E-state index in [1.54, 1.807) is 24.3 Å². The fourth-order valence-electron chi connectivity index (χ4n) is 5.50. The molecule has 264 valence electrons. The van der Waals surface area contributed by atoms with E-state index >= 15 is 0 Å². The summed E-state index contributed by atoms with van der Waals surface area (Å²) < 4.78 is 10.2. The summed E-state index contributed by atoms with van der Waals surface area (Å²) in [5.74, 6) is -1.93. The van der Waals surface area contributed by atoms with Crippen molar-refractivity contribution in [2.75, 3.05) is 13.2 Å². The Labute approximate surface area is 282 Å². The summed E-state index contributed by atoms with van der Waals surface area (Å²) in [7, 11) is 0. The van der Waals surface area contributed by atoms with Crippen molar-refractivity contribution in [1.82, 2.24) is 0 Å². The van der Waals surface area contributed by atoms with Gasteiger partial charge < -0.3 is 9.47 Å². The molecule has 0 saturated heterocycles. The molecule has 0 radical (unpaired) electrons. The van der Waals surface area contributed by atoms with E-state index in [4.69, 9.17) is 9.47 Å². The zero-order valence-corrected chi connectivity index (χ0v) is 28.0. The van der Waals surface area contributed by atoms with Crippen LogP contribution in [0.5, 0.6) is 0 Å². The van der Waals surface area contributed by atoms with Gasteiger partial charge in [-0.1, -0.05) is 89.5 Å². The highest BCUT2D eigenvalue weighted by Gasteiger charge is 2.29. The van der Waals surface area contributed by atoms with Crippen molar-refractivity contribution in [2.24, 2.45) is 11.8 Å². The van der Waals surface area contributed by atoms with Crippen molar-refractivity contribution >= 4 is 24.2 Å². The maximum absolute atomic E-state index is 12.2. The molecule has 2 aromatic carbocycles. The lowest BCUT2D eigenvalue weighted by molar-refractivity contribution is -0.453. The molecule has 1 aliphatic rings. The predicted octanol–water partition coefficient (Wildman–Crippen LogP) is 8.75. The molecular formula is C36H48O12. The Morgan fingerprint density at radius 1 is 0.542 bits per heavy atom. The highest BCUT2D eigenvalue weighted by atomic mass is 17.5. The van der Waals surface area contributed by atoms with E-state index < -0.39 is 24.2 Å². The van der Waals surface area contributed by atoms with Crippen molar-refractivity contribution in [2.45, 2.75) is 104 Å². The maximum Gasteiger partial charge on any atom is 0.543 e. The Kier molecular flexibility index (Phi) is 17.9. The van der Waals surface area contributed by atoms with Crippen molar-refractivity contribution in [3.05, 3.63) is 70.8 Å². The van der Waals surface area contributed by atoms with Crippen LogP contribution < -0.4 is 0 Å². The molecule has 0 amide bonds. The Morgan fingerprint density at radius 2 is 0.938 bits per heavy atom. The van der Waals surface area contributed by atoms with Crippen LogP contribution in [0.3, 0.4) is 0 Å². The van der Waals surface area contributed by atoms with E-state index in [9.17, 15) is 19.2 Å². The number of rotatable bonds is 20. The van der Waals surface area contributed by atoms with Crippen molar-refractivity contribution < 1.29 is 58.3 Å². The number of benzene rings is 2. The van der Waals surface area contributed by atoms with Crippen molar-refractivity contribution in [3.8, 4) is 0 Å². The van der Waals surface area contributed by atoms with Gasteiger partial charge in [-0.15, -0.1) is 0 Å². The molecular weight excluding hydrogens is 624 g/mol. The molecule has 0 aliphatic heterocycles. The molecule has 2 atom stereocenters. The van der Waals surface area contributed by atoms with E-state index in [1.807, 2.05) is 24.3 Å². The van der Waals surface area contributed by atoms with Crippen LogP contribution in [0.25, 0.3) is 0 Å². The van der Waals surface area contributed by atoms with Crippen molar-refractivity contribution in [1.29, 1.82) is 0 Å². The first-order chi connectivity index (χ1) is 23.4. The zero-order chi connectivity index (χ0) is 34.4. The molecule has 2 unspecified atom stereocenters. The first-order valence-electron chi connectivity index (χ1n) is 17.0. The molecule has 2 aromatic rings. The molecule has 3 rings (SSSR count). The minimum atomic E-state index is -1.19. The molecule has 12 heteroatoms. The highest BCUT2D eigenvalue weighted by molar-refractivity contribution is 5.89. The molecule has 0 N–H and O–H groups in total. The molecule has 12 nitrogen and oxygen atoms in total. The second-order valence-corrected chi connectivity index (χ2v) is 12.0. The molecule has 48 heavy (non-hydrogen) atoms. The molecule has 1 saturated carbocycles. The summed E-state index contributed by atoms with van der Waals surface area (Å²) in [5, 5.41) is 8.66. The summed E-state index contributed by atoms with van der Waals surface area (Å²) in [6.07, 6.45) is 11.9. The quantitative estimate of drug-likeness (QED) is 0.0574. The Bertz CT molecular complexity index is 1150. The van der Waals surface area contributed by atoms with Gasteiger partial charge in [0.05, 0.1) is 34.4 Å². The van der Waals surface area contributed by atoms with Gasteiger partial charge in [0.2, 0.25) is 0 Å². The van der Waals surface area contributed by atoms with Crippen LogP contribution in [0.2, 0.25) is 0 Å². The van der Waals surface area contributed by atoms with Gasteiger partial charge in [-0.05, 0) is 85.8 Å². The van der Waals surface area contributed by atoms with Gasteiger partial charge in [-0.3, -0.25) is 9.78 Å². The van der Waals surface area contributed by atoms with Gasteiger partial charge in [-0.25, -0.2) is 29.0 Å². The van der Waals surface area contributed by atoms with Crippen LogP contribution in [-0.4, -0.2) is 37.5 Å².